The van der Waals surface area contributed by atoms with Crippen molar-refractivity contribution >= 4 is 23.3 Å². The van der Waals surface area contributed by atoms with Crippen LogP contribution in [0.1, 0.15) is 44.7 Å². The van der Waals surface area contributed by atoms with Crippen molar-refractivity contribution in [1.29, 1.82) is 0 Å². The molecule has 30 heavy (non-hydrogen) atoms. The van der Waals surface area contributed by atoms with E-state index in [1.807, 2.05) is 32.9 Å². The molecular formula is C22H31ClN4O3. The molecule has 7 nitrogen and oxygen atoms in total. The van der Waals surface area contributed by atoms with Gasteiger partial charge < -0.3 is 15.2 Å². The fraction of sp³-hybridized carbons (Fsp3) is 0.545. The van der Waals surface area contributed by atoms with E-state index in [1.54, 1.807) is 23.0 Å². The number of likely N-dealkylation sites (tertiary alicyclic amines) is 1. The number of nitrogens with zero attached hydrogens (tertiary/aromatic N) is 3. The lowest BCUT2D eigenvalue weighted by molar-refractivity contribution is -0.117. The second-order valence-corrected chi connectivity index (χ2v) is 8.79. The monoisotopic (exact) mass is 434 g/mol. The number of aromatic nitrogens is 2. The van der Waals surface area contributed by atoms with E-state index in [1.165, 1.54) is 0 Å². The van der Waals surface area contributed by atoms with Crippen LogP contribution in [0.2, 0.25) is 5.02 Å². The van der Waals surface area contributed by atoms with Crippen molar-refractivity contribution in [3.05, 3.63) is 41.0 Å². The van der Waals surface area contributed by atoms with Gasteiger partial charge in [-0.1, -0.05) is 17.7 Å². The number of benzene rings is 1. The third-order valence-corrected chi connectivity index (χ3v) is 5.70. The molecule has 1 aromatic carbocycles. The first-order valence-electron chi connectivity index (χ1n) is 10.4. The van der Waals surface area contributed by atoms with Gasteiger partial charge in [0.1, 0.15) is 18.2 Å². The molecule has 164 valence electrons. The van der Waals surface area contributed by atoms with Crippen LogP contribution in [0.3, 0.4) is 0 Å². The van der Waals surface area contributed by atoms with Crippen LogP contribution in [0, 0.1) is 6.92 Å². The van der Waals surface area contributed by atoms with Gasteiger partial charge in [-0.05, 0) is 64.3 Å². The second-order valence-electron chi connectivity index (χ2n) is 8.38. The van der Waals surface area contributed by atoms with Gasteiger partial charge in [0, 0.05) is 18.7 Å². The molecule has 1 saturated heterocycles. The predicted octanol–water partition coefficient (Wildman–Crippen LogP) is 3.66. The molecule has 0 bridgehead atoms. The fourth-order valence-electron chi connectivity index (χ4n) is 3.68. The Kier molecular flexibility index (Phi) is 7.39. The molecule has 0 saturated carbocycles. The van der Waals surface area contributed by atoms with Crippen LogP contribution in [-0.4, -0.2) is 57.5 Å². The Morgan fingerprint density at radius 1 is 1.33 bits per heavy atom. The fourth-order valence-corrected chi connectivity index (χ4v) is 3.85. The maximum Gasteiger partial charge on any atom is 0.239 e. The number of amides is 1. The molecule has 2 heterocycles. The minimum absolute atomic E-state index is 0.0781. The van der Waals surface area contributed by atoms with Crippen molar-refractivity contribution < 1.29 is 14.6 Å². The Bertz CT molecular complexity index is 870. The summed E-state index contributed by atoms with van der Waals surface area (Å²) in [5.74, 6) is 1.21. The van der Waals surface area contributed by atoms with Crippen LogP contribution in [0.25, 0.3) is 0 Å². The summed E-state index contributed by atoms with van der Waals surface area (Å²) < 4.78 is 7.63. The number of anilines is 1. The number of aliphatic hydroxyl groups is 1. The third kappa shape index (κ3) is 5.97. The third-order valence-electron chi connectivity index (χ3n) is 5.39. The zero-order chi connectivity index (χ0) is 21.7. The topological polar surface area (TPSA) is 79.6 Å². The molecule has 0 aliphatic carbocycles. The van der Waals surface area contributed by atoms with Gasteiger partial charge in [-0.15, -0.1) is 0 Å². The highest BCUT2D eigenvalue weighted by Crippen LogP contribution is 2.29. The van der Waals surface area contributed by atoms with Crippen LogP contribution in [0.5, 0.6) is 5.75 Å². The first-order chi connectivity index (χ1) is 14.3. The van der Waals surface area contributed by atoms with E-state index >= 15 is 0 Å². The maximum atomic E-state index is 12.5. The molecule has 1 aliphatic rings. The minimum Gasteiger partial charge on any atom is -0.489 e. The molecule has 2 N–H and O–H groups in total. The van der Waals surface area contributed by atoms with Gasteiger partial charge >= 0.3 is 0 Å². The van der Waals surface area contributed by atoms with E-state index in [0.717, 1.165) is 18.5 Å². The summed E-state index contributed by atoms with van der Waals surface area (Å²) >= 11 is 6.20. The molecule has 1 amide bonds. The Morgan fingerprint density at radius 3 is 2.90 bits per heavy atom. The van der Waals surface area contributed by atoms with Gasteiger partial charge in [0.25, 0.3) is 0 Å². The molecule has 1 aromatic heterocycles. The van der Waals surface area contributed by atoms with E-state index in [9.17, 15) is 9.90 Å². The standard InChI is InChI=1S/C22H31ClN4O3/c1-16(2)27-20(7-10-24-27)25-21(28)14-26-11-4-8-22(29,9-12-26)15-30-19-13-17(3)5-6-18(19)23/h5-7,10,13,16,29H,4,8-9,11-12,14-15H2,1-3H3,(H,25,28). The molecular weight excluding hydrogens is 404 g/mol. The molecule has 1 fully saturated rings. The Hall–Kier alpha value is -2.09. The SMILES string of the molecule is Cc1ccc(Cl)c(OCC2(O)CCCN(CC(=O)Nc3ccnn3C(C)C)CC2)c1. The summed E-state index contributed by atoms with van der Waals surface area (Å²) in [6.45, 7) is 7.85. The molecule has 0 spiro atoms. The largest absolute Gasteiger partial charge is 0.489 e. The van der Waals surface area contributed by atoms with Crippen LogP contribution in [-0.2, 0) is 4.79 Å². The summed E-state index contributed by atoms with van der Waals surface area (Å²) in [7, 11) is 0. The second kappa shape index (κ2) is 9.81. The highest BCUT2D eigenvalue weighted by atomic mass is 35.5. The number of nitrogens with one attached hydrogen (secondary N) is 1. The Labute approximate surface area is 183 Å². The van der Waals surface area contributed by atoms with E-state index in [2.05, 4.69) is 15.3 Å². The predicted molar refractivity (Wildman–Crippen MR) is 118 cm³/mol. The number of halogens is 1. The highest BCUT2D eigenvalue weighted by Gasteiger charge is 2.32. The zero-order valence-corrected chi connectivity index (χ0v) is 18.7. The van der Waals surface area contributed by atoms with Gasteiger partial charge in [-0.2, -0.15) is 5.10 Å². The van der Waals surface area contributed by atoms with Gasteiger partial charge in [0.15, 0.2) is 0 Å². The lowest BCUT2D eigenvalue weighted by Crippen LogP contribution is -2.38. The maximum absolute atomic E-state index is 12.5. The Morgan fingerprint density at radius 2 is 2.13 bits per heavy atom. The van der Waals surface area contributed by atoms with Crippen LogP contribution in [0.15, 0.2) is 30.5 Å². The van der Waals surface area contributed by atoms with E-state index in [4.69, 9.17) is 16.3 Å². The summed E-state index contributed by atoms with van der Waals surface area (Å²) in [6, 6.07) is 7.57. The number of carbonyl (C=O) groups excluding carboxylic acids is 1. The van der Waals surface area contributed by atoms with Crippen molar-refractivity contribution in [1.82, 2.24) is 14.7 Å². The van der Waals surface area contributed by atoms with E-state index in [0.29, 0.717) is 36.0 Å². The van der Waals surface area contributed by atoms with Crippen LogP contribution >= 0.6 is 11.6 Å². The lowest BCUT2D eigenvalue weighted by atomic mass is 9.96. The number of hydrogen-bond donors (Lipinski definition) is 2. The number of ether oxygens (including phenoxy) is 1. The molecule has 1 atom stereocenters. The minimum atomic E-state index is -0.936. The van der Waals surface area contributed by atoms with Gasteiger partial charge in [-0.25, -0.2) is 4.68 Å². The number of rotatable bonds is 7. The smallest absolute Gasteiger partial charge is 0.239 e. The van der Waals surface area contributed by atoms with Crippen LogP contribution in [0.4, 0.5) is 5.82 Å². The average molecular weight is 435 g/mol. The summed E-state index contributed by atoms with van der Waals surface area (Å²) in [5, 5.41) is 18.7. The number of aryl methyl sites for hydroxylation is 1. The zero-order valence-electron chi connectivity index (χ0n) is 17.9. The summed E-state index contributed by atoms with van der Waals surface area (Å²) in [4.78, 5) is 14.6. The van der Waals surface area contributed by atoms with Crippen molar-refractivity contribution in [3.8, 4) is 5.75 Å². The molecule has 3 rings (SSSR count). The first-order valence-corrected chi connectivity index (χ1v) is 10.8. The van der Waals surface area contributed by atoms with Gasteiger partial charge in [-0.3, -0.25) is 9.69 Å². The van der Waals surface area contributed by atoms with Gasteiger partial charge in [0.2, 0.25) is 5.91 Å². The van der Waals surface area contributed by atoms with Crippen molar-refractivity contribution in [2.45, 2.75) is 51.7 Å². The summed E-state index contributed by atoms with van der Waals surface area (Å²) in [6.07, 6.45) is 3.63. The molecule has 2 aromatic rings. The number of hydrogen-bond acceptors (Lipinski definition) is 5. The Balaban J connectivity index is 1.52. The van der Waals surface area contributed by atoms with Gasteiger partial charge in [0.05, 0.1) is 23.4 Å². The normalized spacial score (nSPS) is 20.2. The number of carbonyl (C=O) groups is 1. The van der Waals surface area contributed by atoms with Crippen LogP contribution < -0.4 is 10.1 Å². The van der Waals surface area contributed by atoms with Crippen molar-refractivity contribution in [2.75, 3.05) is 31.6 Å². The molecule has 8 heteroatoms. The summed E-state index contributed by atoms with van der Waals surface area (Å²) in [5.41, 5.74) is 0.118. The van der Waals surface area contributed by atoms with Crippen molar-refractivity contribution in [3.63, 3.8) is 0 Å². The highest BCUT2D eigenvalue weighted by molar-refractivity contribution is 6.32. The average Bonchev–Trinajstić information content (AvgIpc) is 3.07. The van der Waals surface area contributed by atoms with E-state index in [-0.39, 0.29) is 25.1 Å². The molecule has 1 unspecified atom stereocenters. The molecule has 0 radical (unpaired) electrons. The molecule has 1 aliphatic heterocycles. The van der Waals surface area contributed by atoms with E-state index < -0.39 is 5.60 Å². The quantitative estimate of drug-likeness (QED) is 0.695. The van der Waals surface area contributed by atoms with Crippen molar-refractivity contribution in [2.24, 2.45) is 0 Å². The first kappa shape index (κ1) is 22.6. The lowest BCUT2D eigenvalue weighted by Gasteiger charge is -2.27.